The molecule has 0 bridgehead atoms. The first-order valence-corrected chi connectivity index (χ1v) is 6.42. The molecule has 0 aliphatic rings. The van der Waals surface area contributed by atoms with Gasteiger partial charge in [-0.2, -0.15) is 9.78 Å². The maximum Gasteiger partial charge on any atom is 0.505 e. The summed E-state index contributed by atoms with van der Waals surface area (Å²) in [7, 11) is 0. The quantitative estimate of drug-likeness (QED) is 0.735. The Morgan fingerprint density at radius 1 is 1.17 bits per heavy atom. The van der Waals surface area contributed by atoms with E-state index >= 15 is 0 Å². The summed E-state index contributed by atoms with van der Waals surface area (Å²) in [6.07, 6.45) is -3.58. The molecule has 1 aromatic heterocycles. The van der Waals surface area contributed by atoms with Crippen LogP contribution in [0.15, 0.2) is 42.6 Å². The number of alkyl halides is 3. The average molecular weight is 323 g/mol. The monoisotopic (exact) mass is 323 g/mol. The van der Waals surface area contributed by atoms with Crippen molar-refractivity contribution in [2.24, 2.45) is 5.73 Å². The zero-order chi connectivity index (χ0) is 16.8. The fourth-order valence-corrected chi connectivity index (χ4v) is 2.39. The van der Waals surface area contributed by atoms with E-state index in [2.05, 4.69) is 5.10 Å². The summed E-state index contributed by atoms with van der Waals surface area (Å²) >= 11 is 0. The summed E-state index contributed by atoms with van der Waals surface area (Å²) in [5.41, 5.74) is 5.38. The van der Waals surface area contributed by atoms with Crippen LogP contribution in [-0.2, 0) is 6.30 Å². The minimum absolute atomic E-state index is 0.0512. The molecule has 0 radical (unpaired) electrons. The lowest BCUT2D eigenvalue weighted by molar-refractivity contribution is -0.209. The number of aromatic nitrogens is 2. The van der Waals surface area contributed by atoms with Crippen molar-refractivity contribution in [2.45, 2.75) is 6.30 Å². The van der Waals surface area contributed by atoms with Crippen LogP contribution in [0.4, 0.5) is 17.6 Å². The van der Waals surface area contributed by atoms with E-state index < -0.39 is 18.0 Å². The highest BCUT2D eigenvalue weighted by molar-refractivity contribution is 5.98. The van der Waals surface area contributed by atoms with Gasteiger partial charge in [-0.25, -0.2) is 4.39 Å². The molecule has 0 spiro atoms. The summed E-state index contributed by atoms with van der Waals surface area (Å²) in [5, 5.41) is 3.58. The fraction of sp³-hybridized carbons (Fsp3) is 0.0667. The van der Waals surface area contributed by atoms with Gasteiger partial charge in [-0.1, -0.05) is 18.2 Å². The van der Waals surface area contributed by atoms with Crippen LogP contribution < -0.4 is 5.73 Å². The number of hydrogen-bond donors (Lipinski definition) is 1. The zero-order valence-electron chi connectivity index (χ0n) is 11.4. The molecule has 118 valence electrons. The Labute approximate surface area is 127 Å². The third-order valence-electron chi connectivity index (χ3n) is 3.40. The van der Waals surface area contributed by atoms with Gasteiger partial charge in [0, 0.05) is 5.39 Å². The standard InChI is InChI=1S/C15H9F4N3O/c16-12-5-4-8(6-10(12)14(20)23)9-2-1-3-13-11(9)7-21-22(13)15(17,18)19/h1-7H,(H2,20,23). The number of fused-ring (bicyclic) bond motifs is 1. The van der Waals surface area contributed by atoms with Gasteiger partial charge in [0.15, 0.2) is 0 Å². The van der Waals surface area contributed by atoms with E-state index in [0.29, 0.717) is 11.1 Å². The van der Waals surface area contributed by atoms with E-state index in [0.717, 1.165) is 12.3 Å². The highest BCUT2D eigenvalue weighted by Crippen LogP contribution is 2.33. The van der Waals surface area contributed by atoms with E-state index in [1.165, 1.54) is 24.3 Å². The van der Waals surface area contributed by atoms with E-state index in [1.807, 2.05) is 0 Å². The lowest BCUT2D eigenvalue weighted by Crippen LogP contribution is -2.17. The highest BCUT2D eigenvalue weighted by atomic mass is 19.4. The predicted molar refractivity (Wildman–Crippen MR) is 74.9 cm³/mol. The summed E-state index contributed by atoms with van der Waals surface area (Å²) in [5.74, 6) is -1.75. The smallest absolute Gasteiger partial charge is 0.366 e. The number of nitrogens with zero attached hydrogens (tertiary/aromatic N) is 2. The molecule has 23 heavy (non-hydrogen) atoms. The Bertz CT molecular complexity index is 915. The Kier molecular flexibility index (Phi) is 3.32. The van der Waals surface area contributed by atoms with E-state index in [1.54, 1.807) is 6.07 Å². The van der Waals surface area contributed by atoms with Crippen molar-refractivity contribution in [1.82, 2.24) is 9.78 Å². The van der Waals surface area contributed by atoms with Crippen molar-refractivity contribution < 1.29 is 22.4 Å². The zero-order valence-corrected chi connectivity index (χ0v) is 11.4. The van der Waals surface area contributed by atoms with Gasteiger partial charge in [0.05, 0.1) is 17.3 Å². The highest BCUT2D eigenvalue weighted by Gasteiger charge is 2.33. The van der Waals surface area contributed by atoms with Crippen LogP contribution in [0.2, 0.25) is 0 Å². The minimum atomic E-state index is -4.65. The molecule has 2 aromatic carbocycles. The van der Waals surface area contributed by atoms with Gasteiger partial charge < -0.3 is 5.73 Å². The summed E-state index contributed by atoms with van der Waals surface area (Å²) in [6.45, 7) is 0. The molecule has 0 unspecified atom stereocenters. The first kappa shape index (κ1) is 15.0. The van der Waals surface area contributed by atoms with Crippen molar-refractivity contribution in [3.8, 4) is 11.1 Å². The normalized spacial score (nSPS) is 11.8. The number of halogens is 4. The molecule has 1 amide bonds. The molecule has 0 aliphatic heterocycles. The predicted octanol–water partition coefficient (Wildman–Crippen LogP) is 3.42. The average Bonchev–Trinajstić information content (AvgIpc) is 2.91. The van der Waals surface area contributed by atoms with Crippen LogP contribution in [0.3, 0.4) is 0 Å². The molecule has 0 atom stereocenters. The number of carbonyl (C=O) groups is 1. The van der Waals surface area contributed by atoms with Gasteiger partial charge >= 0.3 is 6.30 Å². The van der Waals surface area contributed by atoms with E-state index in [4.69, 9.17) is 5.73 Å². The second kappa shape index (κ2) is 5.08. The number of carbonyl (C=O) groups excluding carboxylic acids is 1. The lowest BCUT2D eigenvalue weighted by atomic mass is 9.99. The Morgan fingerprint density at radius 2 is 1.91 bits per heavy atom. The first-order valence-electron chi connectivity index (χ1n) is 6.42. The summed E-state index contributed by atoms with van der Waals surface area (Å²) in [6, 6.07) is 7.87. The molecule has 2 N–H and O–H groups in total. The van der Waals surface area contributed by atoms with Crippen LogP contribution in [0.5, 0.6) is 0 Å². The van der Waals surface area contributed by atoms with Crippen LogP contribution in [0.1, 0.15) is 10.4 Å². The molecule has 0 saturated carbocycles. The van der Waals surface area contributed by atoms with Crippen LogP contribution in [-0.4, -0.2) is 15.7 Å². The molecule has 3 aromatic rings. The van der Waals surface area contributed by atoms with E-state index in [9.17, 15) is 22.4 Å². The van der Waals surface area contributed by atoms with Gasteiger partial charge in [-0.15, -0.1) is 13.2 Å². The molecule has 4 nitrogen and oxygen atoms in total. The third-order valence-corrected chi connectivity index (χ3v) is 3.40. The maximum atomic E-state index is 13.5. The molecule has 3 rings (SSSR count). The molecule has 0 saturated heterocycles. The molecule has 0 fully saturated rings. The maximum absolute atomic E-state index is 13.5. The van der Waals surface area contributed by atoms with Crippen molar-refractivity contribution in [3.05, 3.63) is 54.0 Å². The first-order chi connectivity index (χ1) is 10.8. The van der Waals surface area contributed by atoms with Gasteiger partial charge in [0.25, 0.3) is 5.91 Å². The minimum Gasteiger partial charge on any atom is -0.366 e. The van der Waals surface area contributed by atoms with Gasteiger partial charge in [-0.3, -0.25) is 4.79 Å². The van der Waals surface area contributed by atoms with Crippen LogP contribution >= 0.6 is 0 Å². The number of hydrogen-bond acceptors (Lipinski definition) is 2. The van der Waals surface area contributed by atoms with Crippen LogP contribution in [0, 0.1) is 5.82 Å². The Morgan fingerprint density at radius 3 is 2.57 bits per heavy atom. The summed E-state index contributed by atoms with van der Waals surface area (Å²) < 4.78 is 52.2. The second-order valence-electron chi connectivity index (χ2n) is 4.82. The fourth-order valence-electron chi connectivity index (χ4n) is 2.39. The molecule has 1 heterocycles. The molecule has 8 heteroatoms. The Balaban J connectivity index is 2.24. The van der Waals surface area contributed by atoms with Crippen molar-refractivity contribution in [2.75, 3.05) is 0 Å². The van der Waals surface area contributed by atoms with Crippen molar-refractivity contribution in [3.63, 3.8) is 0 Å². The topological polar surface area (TPSA) is 60.9 Å². The van der Waals surface area contributed by atoms with Gasteiger partial charge in [-0.05, 0) is 29.3 Å². The molecule has 0 aliphatic carbocycles. The van der Waals surface area contributed by atoms with E-state index in [-0.39, 0.29) is 21.1 Å². The third kappa shape index (κ3) is 2.52. The van der Waals surface area contributed by atoms with Crippen molar-refractivity contribution >= 4 is 16.8 Å². The largest absolute Gasteiger partial charge is 0.505 e. The van der Waals surface area contributed by atoms with Crippen LogP contribution in [0.25, 0.3) is 22.0 Å². The number of rotatable bonds is 2. The lowest BCUT2D eigenvalue weighted by Gasteiger charge is -2.09. The summed E-state index contributed by atoms with van der Waals surface area (Å²) in [4.78, 5) is 11.2. The number of nitrogens with two attached hydrogens (primary N) is 1. The number of amides is 1. The van der Waals surface area contributed by atoms with Gasteiger partial charge in [0.2, 0.25) is 0 Å². The van der Waals surface area contributed by atoms with Gasteiger partial charge in [0.1, 0.15) is 5.82 Å². The number of primary amides is 1. The molecular formula is C15H9F4N3O. The SMILES string of the molecule is NC(=O)c1cc(-c2cccc3c2cnn3C(F)(F)F)ccc1F. The second-order valence-corrected chi connectivity index (χ2v) is 4.82. The Hall–Kier alpha value is -2.90. The molecular weight excluding hydrogens is 314 g/mol. The van der Waals surface area contributed by atoms with Crippen molar-refractivity contribution in [1.29, 1.82) is 0 Å². The number of benzene rings is 2.